The van der Waals surface area contributed by atoms with E-state index in [9.17, 15) is 18.0 Å². The molecule has 8 heteroatoms. The van der Waals surface area contributed by atoms with Gasteiger partial charge < -0.3 is 15.5 Å². The molecule has 0 spiro atoms. The van der Waals surface area contributed by atoms with Crippen LogP contribution in [0.25, 0.3) is 11.1 Å². The smallest absolute Gasteiger partial charge is 0.371 e. The van der Waals surface area contributed by atoms with E-state index < -0.39 is 11.7 Å². The second-order valence-corrected chi connectivity index (χ2v) is 12.6. The molecule has 5 nitrogen and oxygen atoms in total. The van der Waals surface area contributed by atoms with Crippen molar-refractivity contribution in [2.75, 3.05) is 29.9 Å². The topological polar surface area (TPSA) is 57.3 Å². The van der Waals surface area contributed by atoms with Crippen LogP contribution in [0.2, 0.25) is 0 Å². The summed E-state index contributed by atoms with van der Waals surface area (Å²) in [6.07, 6.45) is 5.48. The van der Waals surface area contributed by atoms with Gasteiger partial charge in [-0.1, -0.05) is 38.8 Å². The lowest BCUT2D eigenvalue weighted by atomic mass is 9.77. The van der Waals surface area contributed by atoms with Gasteiger partial charge in [-0.15, -0.1) is 0 Å². The van der Waals surface area contributed by atoms with Crippen LogP contribution in [0.15, 0.2) is 66.9 Å². The number of hydrogen-bond donors (Lipinski definition) is 2. The Morgan fingerprint density at radius 2 is 1.74 bits per heavy atom. The highest BCUT2D eigenvalue weighted by atomic mass is 19.4. The highest BCUT2D eigenvalue weighted by Gasteiger charge is 2.32. The van der Waals surface area contributed by atoms with Crippen molar-refractivity contribution in [3.8, 4) is 11.1 Å². The van der Waals surface area contributed by atoms with E-state index in [0.29, 0.717) is 35.9 Å². The van der Waals surface area contributed by atoms with Gasteiger partial charge in [0.1, 0.15) is 5.82 Å². The molecule has 3 atom stereocenters. The number of carbonyl (C=O) groups excluding carboxylic acids is 1. The maximum atomic E-state index is 13.0. The lowest BCUT2D eigenvalue weighted by Crippen LogP contribution is -2.39. The first-order valence-corrected chi connectivity index (χ1v) is 15.7. The predicted molar refractivity (Wildman–Crippen MR) is 167 cm³/mol. The Morgan fingerprint density at radius 3 is 2.51 bits per heavy atom. The summed E-state index contributed by atoms with van der Waals surface area (Å²) in [4.78, 5) is 19.5. The van der Waals surface area contributed by atoms with Crippen molar-refractivity contribution in [1.29, 1.82) is 0 Å². The molecule has 0 unspecified atom stereocenters. The van der Waals surface area contributed by atoms with Crippen molar-refractivity contribution >= 4 is 17.4 Å². The van der Waals surface area contributed by atoms with E-state index in [-0.39, 0.29) is 5.91 Å². The highest BCUT2D eigenvalue weighted by molar-refractivity contribution is 5.95. The summed E-state index contributed by atoms with van der Waals surface area (Å²) >= 11 is 0. The average molecular weight is 593 g/mol. The van der Waals surface area contributed by atoms with Crippen molar-refractivity contribution in [2.45, 2.75) is 71.0 Å². The molecule has 2 heterocycles. The fourth-order valence-electron chi connectivity index (χ4n) is 6.58. The number of anilines is 2. The van der Waals surface area contributed by atoms with Gasteiger partial charge in [0.05, 0.1) is 5.56 Å². The summed E-state index contributed by atoms with van der Waals surface area (Å²) in [6.45, 7) is 6.55. The van der Waals surface area contributed by atoms with Crippen LogP contribution in [0.1, 0.15) is 74.7 Å². The number of benzene rings is 2. The third-order valence-electron chi connectivity index (χ3n) is 8.85. The Balaban J connectivity index is 1.22. The Kier molecular flexibility index (Phi) is 9.93. The molecule has 1 aromatic heterocycles. The number of halogens is 3. The minimum Gasteiger partial charge on any atom is -0.371 e. The predicted octanol–water partition coefficient (Wildman–Crippen LogP) is 8.43. The van der Waals surface area contributed by atoms with E-state index >= 15 is 0 Å². The van der Waals surface area contributed by atoms with Crippen molar-refractivity contribution in [2.24, 2.45) is 17.8 Å². The Morgan fingerprint density at radius 1 is 0.977 bits per heavy atom. The number of carbonyl (C=O) groups is 1. The third kappa shape index (κ3) is 8.30. The molecule has 2 aromatic carbocycles. The molecule has 2 aliphatic rings. The van der Waals surface area contributed by atoms with Gasteiger partial charge in [-0.3, -0.25) is 4.79 Å². The summed E-state index contributed by atoms with van der Waals surface area (Å²) in [5.74, 6) is 2.20. The average Bonchev–Trinajstić information content (AvgIpc) is 3.01. The first-order chi connectivity index (χ1) is 20.7. The maximum Gasteiger partial charge on any atom is 0.416 e. The summed E-state index contributed by atoms with van der Waals surface area (Å²) in [5.41, 5.74) is 2.92. The summed E-state index contributed by atoms with van der Waals surface area (Å²) < 4.78 is 39.1. The zero-order valence-electron chi connectivity index (χ0n) is 25.2. The number of nitrogens with one attached hydrogen (secondary N) is 2. The molecule has 1 amide bonds. The zero-order chi connectivity index (χ0) is 30.4. The van der Waals surface area contributed by atoms with E-state index in [4.69, 9.17) is 0 Å². The molecule has 1 saturated heterocycles. The molecule has 1 aliphatic carbocycles. The van der Waals surface area contributed by atoms with Gasteiger partial charge >= 0.3 is 6.18 Å². The number of piperidine rings is 1. The van der Waals surface area contributed by atoms with Crippen molar-refractivity contribution in [1.82, 2.24) is 10.3 Å². The van der Waals surface area contributed by atoms with Crippen LogP contribution in [0.4, 0.5) is 24.7 Å². The second kappa shape index (κ2) is 13.8. The van der Waals surface area contributed by atoms with Crippen molar-refractivity contribution < 1.29 is 18.0 Å². The molecule has 1 aliphatic heterocycles. The molecule has 5 rings (SSSR count). The number of hydrogen-bond acceptors (Lipinski definition) is 4. The normalized spacial score (nSPS) is 21.1. The van der Waals surface area contributed by atoms with Crippen LogP contribution in [-0.4, -0.2) is 36.6 Å². The number of aromatic nitrogens is 1. The van der Waals surface area contributed by atoms with Gasteiger partial charge in [0.15, 0.2) is 0 Å². The second-order valence-electron chi connectivity index (χ2n) is 12.6. The number of alkyl halides is 3. The summed E-state index contributed by atoms with van der Waals surface area (Å²) in [7, 11) is 0. The van der Waals surface area contributed by atoms with Crippen LogP contribution in [0.5, 0.6) is 0 Å². The number of pyridine rings is 1. The molecule has 1 saturated carbocycles. The van der Waals surface area contributed by atoms with E-state index in [2.05, 4.69) is 40.4 Å². The van der Waals surface area contributed by atoms with Gasteiger partial charge in [-0.2, -0.15) is 13.2 Å². The molecule has 2 N–H and O–H groups in total. The van der Waals surface area contributed by atoms with Crippen LogP contribution >= 0.6 is 0 Å². The molecular weight excluding hydrogens is 549 g/mol. The highest BCUT2D eigenvalue weighted by Crippen LogP contribution is 2.36. The molecule has 3 aromatic rings. The molecule has 43 heavy (non-hydrogen) atoms. The Bertz CT molecular complexity index is 1360. The minimum atomic E-state index is -4.31. The fraction of sp³-hybridized carbons (Fsp3) is 0.486. The van der Waals surface area contributed by atoms with Gasteiger partial charge in [0.2, 0.25) is 0 Å². The lowest BCUT2D eigenvalue weighted by Gasteiger charge is -2.39. The number of nitrogens with zero attached hydrogens (tertiary/aromatic N) is 2. The van der Waals surface area contributed by atoms with Crippen LogP contribution in [0.3, 0.4) is 0 Å². The first-order valence-electron chi connectivity index (χ1n) is 15.7. The standard InChI is InChI=1S/C35H43F3N4O/c1-24(2)22-40-34(43)29-10-5-9-26(20-29)27-16-17-39-33(21-27)41-32-11-4-3-8-28(32)19-25-7-6-18-42(23-25)31-14-12-30(13-15-31)35(36,37)38/h5,9-10,12-17,20-21,24-25,28,32H,3-4,6-8,11,18-19,22-23H2,1-2H3,(H,39,41)(H,40,43)/t25-,28+,32-/m1/s1. The van der Waals surface area contributed by atoms with Crippen molar-refractivity contribution in [3.05, 3.63) is 78.0 Å². The van der Waals surface area contributed by atoms with Crippen molar-refractivity contribution in [3.63, 3.8) is 0 Å². The van der Waals surface area contributed by atoms with Gasteiger partial charge in [-0.05, 0) is 110 Å². The monoisotopic (exact) mass is 592 g/mol. The largest absolute Gasteiger partial charge is 0.416 e. The van der Waals surface area contributed by atoms with Crippen LogP contribution < -0.4 is 15.5 Å². The molecule has 0 radical (unpaired) electrons. The summed E-state index contributed by atoms with van der Waals surface area (Å²) in [6, 6.07) is 17.7. The van der Waals surface area contributed by atoms with E-state index in [1.807, 2.05) is 36.5 Å². The SMILES string of the molecule is CC(C)CNC(=O)c1cccc(-c2ccnc(N[C@@H]3CCCC[C@H]3C[C@H]3CCCN(c4ccc(C(F)(F)F)cc4)C3)c2)c1. The zero-order valence-corrected chi connectivity index (χ0v) is 25.2. The van der Waals surface area contributed by atoms with E-state index in [0.717, 1.165) is 61.4 Å². The quantitative estimate of drug-likeness (QED) is 0.262. The van der Waals surface area contributed by atoms with Crippen LogP contribution in [0, 0.1) is 17.8 Å². The number of amides is 1. The molecule has 230 valence electrons. The first kappa shape index (κ1) is 30.9. The number of rotatable bonds is 9. The Hall–Kier alpha value is -3.55. The lowest BCUT2D eigenvalue weighted by molar-refractivity contribution is -0.137. The summed E-state index contributed by atoms with van der Waals surface area (Å²) in [5, 5.41) is 6.75. The molecule has 0 bridgehead atoms. The molecule has 2 fully saturated rings. The van der Waals surface area contributed by atoms with E-state index in [1.165, 1.54) is 31.4 Å². The minimum absolute atomic E-state index is 0.0624. The third-order valence-corrected chi connectivity index (χ3v) is 8.85. The molecular formula is C35H43F3N4O. The van der Waals surface area contributed by atoms with E-state index in [1.54, 1.807) is 12.1 Å². The van der Waals surface area contributed by atoms with Crippen LogP contribution in [-0.2, 0) is 6.18 Å². The van der Waals surface area contributed by atoms with Gasteiger partial charge in [0, 0.05) is 43.1 Å². The fourth-order valence-corrected chi connectivity index (χ4v) is 6.58. The Labute approximate surface area is 253 Å². The maximum absolute atomic E-state index is 13.0. The van der Waals surface area contributed by atoms with Gasteiger partial charge in [0.25, 0.3) is 5.91 Å². The van der Waals surface area contributed by atoms with Gasteiger partial charge in [-0.25, -0.2) is 4.98 Å².